The monoisotopic (exact) mass is 242 g/mol. The SMILES string of the molecule is C=CCOC(=O)N(C)c1ncc(C(=O)O)s1. The molecule has 1 aromatic heterocycles. The fourth-order valence-electron chi connectivity index (χ4n) is 0.824. The first-order valence-electron chi connectivity index (χ1n) is 4.26. The number of anilines is 1. The molecule has 1 N–H and O–H groups in total. The molecule has 1 aromatic rings. The van der Waals surface area contributed by atoms with Crippen LogP contribution in [0.15, 0.2) is 18.9 Å². The number of hydrogen-bond donors (Lipinski definition) is 1. The van der Waals surface area contributed by atoms with Gasteiger partial charge in [-0.3, -0.25) is 4.90 Å². The minimum absolute atomic E-state index is 0.0679. The molecule has 1 amide bonds. The summed E-state index contributed by atoms with van der Waals surface area (Å²) in [5, 5.41) is 8.95. The molecule has 0 radical (unpaired) electrons. The van der Waals surface area contributed by atoms with Gasteiger partial charge in [-0.25, -0.2) is 14.6 Å². The molecule has 1 heterocycles. The molecule has 86 valence electrons. The van der Waals surface area contributed by atoms with Crippen molar-refractivity contribution in [3.8, 4) is 0 Å². The number of hydrogen-bond acceptors (Lipinski definition) is 5. The first kappa shape index (κ1) is 12.2. The zero-order valence-corrected chi connectivity index (χ0v) is 9.36. The number of aromatic carboxylic acids is 1. The van der Waals surface area contributed by atoms with Crippen LogP contribution in [0.5, 0.6) is 0 Å². The van der Waals surface area contributed by atoms with Crippen molar-refractivity contribution in [3.63, 3.8) is 0 Å². The van der Waals surface area contributed by atoms with Crippen LogP contribution in [0.25, 0.3) is 0 Å². The molecule has 0 atom stereocenters. The van der Waals surface area contributed by atoms with E-state index in [0.29, 0.717) is 0 Å². The van der Waals surface area contributed by atoms with Gasteiger partial charge in [-0.05, 0) is 0 Å². The molecule has 7 heteroatoms. The Kier molecular flexibility index (Phi) is 4.01. The van der Waals surface area contributed by atoms with Crippen molar-refractivity contribution in [2.45, 2.75) is 0 Å². The van der Waals surface area contributed by atoms with Crippen LogP contribution in [0.2, 0.25) is 0 Å². The van der Waals surface area contributed by atoms with Gasteiger partial charge in [0.15, 0.2) is 5.13 Å². The largest absolute Gasteiger partial charge is 0.477 e. The highest BCUT2D eigenvalue weighted by Gasteiger charge is 2.17. The predicted octanol–water partition coefficient (Wildman–Crippen LogP) is 1.60. The summed E-state index contributed by atoms with van der Waals surface area (Å²) in [7, 11) is 1.45. The predicted molar refractivity (Wildman–Crippen MR) is 59.0 cm³/mol. The molecule has 0 saturated carbocycles. The molecule has 6 nitrogen and oxygen atoms in total. The van der Waals surface area contributed by atoms with Crippen molar-refractivity contribution >= 4 is 28.5 Å². The van der Waals surface area contributed by atoms with Crippen molar-refractivity contribution in [2.24, 2.45) is 0 Å². The van der Waals surface area contributed by atoms with Crippen LogP contribution in [0.3, 0.4) is 0 Å². The fourth-order valence-corrected chi connectivity index (χ4v) is 1.53. The lowest BCUT2D eigenvalue weighted by atomic mass is 10.6. The third kappa shape index (κ3) is 2.80. The van der Waals surface area contributed by atoms with Crippen molar-refractivity contribution in [1.82, 2.24) is 4.98 Å². The van der Waals surface area contributed by atoms with Gasteiger partial charge in [-0.1, -0.05) is 24.0 Å². The summed E-state index contributed by atoms with van der Waals surface area (Å²) < 4.78 is 4.77. The number of carbonyl (C=O) groups is 2. The van der Waals surface area contributed by atoms with Crippen molar-refractivity contribution in [2.75, 3.05) is 18.6 Å². The normalized spacial score (nSPS) is 9.56. The third-order valence-electron chi connectivity index (χ3n) is 1.59. The van der Waals surface area contributed by atoms with E-state index < -0.39 is 12.1 Å². The summed E-state index contributed by atoms with van der Waals surface area (Å²) in [5.74, 6) is -1.07. The summed E-state index contributed by atoms with van der Waals surface area (Å²) in [6, 6.07) is 0. The van der Waals surface area contributed by atoms with Gasteiger partial charge in [0.05, 0.1) is 6.20 Å². The van der Waals surface area contributed by atoms with E-state index in [1.807, 2.05) is 0 Å². The Bertz CT molecular complexity index is 415. The number of thiazole rings is 1. The maximum Gasteiger partial charge on any atom is 0.416 e. The smallest absolute Gasteiger partial charge is 0.416 e. The summed E-state index contributed by atoms with van der Waals surface area (Å²) in [4.78, 5) is 27.0. The van der Waals surface area contributed by atoms with Crippen LogP contribution in [-0.2, 0) is 4.74 Å². The van der Waals surface area contributed by atoms with E-state index in [0.717, 1.165) is 16.2 Å². The molecule has 0 aliphatic heterocycles. The first-order chi connectivity index (χ1) is 7.56. The highest BCUT2D eigenvalue weighted by Crippen LogP contribution is 2.21. The molecule has 0 fully saturated rings. The number of amides is 1. The quantitative estimate of drug-likeness (QED) is 0.811. The average Bonchev–Trinajstić information content (AvgIpc) is 2.74. The molecular formula is C9H10N2O4S. The van der Waals surface area contributed by atoms with E-state index in [9.17, 15) is 9.59 Å². The zero-order valence-electron chi connectivity index (χ0n) is 8.54. The Morgan fingerprint density at radius 3 is 2.94 bits per heavy atom. The Labute approximate surface area is 95.8 Å². The van der Waals surface area contributed by atoms with Crippen molar-refractivity contribution in [1.29, 1.82) is 0 Å². The Hall–Kier alpha value is -1.89. The van der Waals surface area contributed by atoms with E-state index in [1.54, 1.807) is 0 Å². The van der Waals surface area contributed by atoms with Crippen molar-refractivity contribution in [3.05, 3.63) is 23.7 Å². The van der Waals surface area contributed by atoms with Crippen LogP contribution in [0, 0.1) is 0 Å². The van der Waals surface area contributed by atoms with Gasteiger partial charge in [0, 0.05) is 7.05 Å². The number of aromatic nitrogens is 1. The van der Waals surface area contributed by atoms with Gasteiger partial charge in [0.2, 0.25) is 0 Å². The molecule has 0 saturated heterocycles. The minimum atomic E-state index is -1.07. The molecular weight excluding hydrogens is 232 g/mol. The molecule has 16 heavy (non-hydrogen) atoms. The number of carboxylic acid groups (broad SMARTS) is 1. The number of rotatable bonds is 4. The summed E-state index contributed by atoms with van der Waals surface area (Å²) >= 11 is 0.899. The minimum Gasteiger partial charge on any atom is -0.477 e. The maximum atomic E-state index is 11.4. The molecule has 0 aromatic carbocycles. The lowest BCUT2D eigenvalue weighted by Crippen LogP contribution is -2.26. The van der Waals surface area contributed by atoms with E-state index in [2.05, 4.69) is 11.6 Å². The number of nitrogens with zero attached hydrogens (tertiary/aromatic N) is 2. The molecule has 0 spiro atoms. The van der Waals surface area contributed by atoms with Crippen LogP contribution < -0.4 is 4.90 Å². The van der Waals surface area contributed by atoms with Gasteiger partial charge in [0.1, 0.15) is 11.5 Å². The second-order valence-corrected chi connectivity index (χ2v) is 3.75. The molecule has 0 unspecified atom stereocenters. The number of carboxylic acids is 1. The van der Waals surface area contributed by atoms with Crippen LogP contribution in [0.4, 0.5) is 9.93 Å². The molecule has 0 aliphatic carbocycles. The van der Waals surface area contributed by atoms with Crippen molar-refractivity contribution < 1.29 is 19.4 Å². The van der Waals surface area contributed by atoms with Crippen LogP contribution >= 0.6 is 11.3 Å². The average molecular weight is 242 g/mol. The highest BCUT2D eigenvalue weighted by atomic mass is 32.1. The fraction of sp³-hybridized carbons (Fsp3) is 0.222. The number of carbonyl (C=O) groups excluding carboxylic acids is 1. The Balaban J connectivity index is 2.71. The lowest BCUT2D eigenvalue weighted by Gasteiger charge is -2.12. The Morgan fingerprint density at radius 1 is 1.75 bits per heavy atom. The lowest BCUT2D eigenvalue weighted by molar-refractivity contribution is 0.0702. The Morgan fingerprint density at radius 2 is 2.44 bits per heavy atom. The summed E-state index contributed by atoms with van der Waals surface area (Å²) in [5.41, 5.74) is 0. The van der Waals surface area contributed by atoms with E-state index in [1.165, 1.54) is 19.3 Å². The van der Waals surface area contributed by atoms with Gasteiger partial charge in [-0.15, -0.1) is 0 Å². The number of ether oxygens (including phenoxy) is 1. The second-order valence-electron chi connectivity index (χ2n) is 2.74. The summed E-state index contributed by atoms with van der Waals surface area (Å²) in [6.07, 6.45) is 2.03. The first-order valence-corrected chi connectivity index (χ1v) is 5.08. The van der Waals surface area contributed by atoms with Gasteiger partial charge >= 0.3 is 12.1 Å². The van der Waals surface area contributed by atoms with E-state index in [-0.39, 0.29) is 16.6 Å². The third-order valence-corrected chi connectivity index (χ3v) is 2.65. The van der Waals surface area contributed by atoms with Gasteiger partial charge in [0.25, 0.3) is 0 Å². The second kappa shape index (κ2) is 5.26. The van der Waals surface area contributed by atoms with Gasteiger partial charge in [-0.2, -0.15) is 0 Å². The highest BCUT2D eigenvalue weighted by molar-refractivity contribution is 7.17. The molecule has 0 bridgehead atoms. The maximum absolute atomic E-state index is 11.4. The standard InChI is InChI=1S/C9H10N2O4S/c1-3-4-15-9(14)11(2)8-10-5-6(16-8)7(12)13/h3,5H,1,4H2,2H3,(H,12,13). The van der Waals surface area contributed by atoms with Gasteiger partial charge < -0.3 is 9.84 Å². The zero-order chi connectivity index (χ0) is 12.1. The summed E-state index contributed by atoms with van der Waals surface area (Å²) in [6.45, 7) is 3.50. The van der Waals surface area contributed by atoms with Crippen LogP contribution in [-0.4, -0.2) is 35.8 Å². The topological polar surface area (TPSA) is 79.7 Å². The van der Waals surface area contributed by atoms with E-state index in [4.69, 9.17) is 9.84 Å². The molecule has 1 rings (SSSR count). The van der Waals surface area contributed by atoms with E-state index >= 15 is 0 Å². The van der Waals surface area contributed by atoms with Crippen LogP contribution in [0.1, 0.15) is 9.67 Å². The molecule has 0 aliphatic rings.